The topological polar surface area (TPSA) is 40.5 Å². The first-order chi connectivity index (χ1) is 4.66. The molecule has 0 aromatic rings. The van der Waals surface area contributed by atoms with Crippen LogP contribution >= 0.6 is 15.9 Å². The van der Waals surface area contributed by atoms with Gasteiger partial charge in [-0.1, -0.05) is 29.3 Å². The van der Waals surface area contributed by atoms with Gasteiger partial charge < -0.3 is 10.0 Å². The van der Waals surface area contributed by atoms with Crippen molar-refractivity contribution in [1.82, 2.24) is 0 Å². The van der Waals surface area contributed by atoms with Crippen molar-refractivity contribution < 1.29 is 10.0 Å². The molecule has 0 heterocycles. The summed E-state index contributed by atoms with van der Waals surface area (Å²) in [6.07, 6.45) is 3.07. The Bertz CT molecular complexity index is 114. The van der Waals surface area contributed by atoms with Crippen LogP contribution in [0.3, 0.4) is 0 Å². The quantitative estimate of drug-likeness (QED) is 0.685. The lowest BCUT2D eigenvalue weighted by atomic mass is 9.91. The van der Waals surface area contributed by atoms with E-state index in [1.165, 1.54) is 5.98 Å². The van der Waals surface area contributed by atoms with Gasteiger partial charge in [-0.25, -0.2) is 0 Å². The second-order valence-corrected chi connectivity index (χ2v) is 3.15. The van der Waals surface area contributed by atoms with Gasteiger partial charge in [0.05, 0.1) is 0 Å². The monoisotopic (exact) mass is 206 g/mol. The van der Waals surface area contributed by atoms with Gasteiger partial charge in [-0.15, -0.1) is 0 Å². The average Bonchev–Trinajstić information content (AvgIpc) is 1.82. The lowest BCUT2D eigenvalue weighted by molar-refractivity contribution is 0.424. The molecule has 0 amide bonds. The molecular formula is C6H12BBrO2. The van der Waals surface area contributed by atoms with E-state index in [1.54, 1.807) is 0 Å². The van der Waals surface area contributed by atoms with E-state index in [4.69, 9.17) is 10.0 Å². The molecular weight excluding hydrogens is 195 g/mol. The highest BCUT2D eigenvalue weighted by atomic mass is 79.9. The number of allylic oxidation sites excluding steroid dienone is 1. The molecule has 10 heavy (non-hydrogen) atoms. The summed E-state index contributed by atoms with van der Waals surface area (Å²) >= 11 is 3.22. The third-order valence-electron chi connectivity index (χ3n) is 1.10. The van der Waals surface area contributed by atoms with Crippen molar-refractivity contribution in [3.8, 4) is 0 Å². The minimum absolute atomic E-state index is 0.865. The van der Waals surface area contributed by atoms with E-state index in [-0.39, 0.29) is 0 Å². The number of halogens is 1. The number of hydrogen-bond acceptors (Lipinski definition) is 2. The summed E-state index contributed by atoms with van der Waals surface area (Å²) in [6.45, 7) is 2.09. The maximum absolute atomic E-state index is 8.47. The Morgan fingerprint density at radius 1 is 1.60 bits per heavy atom. The van der Waals surface area contributed by atoms with Crippen LogP contribution in [0, 0.1) is 0 Å². The molecule has 58 valence electrons. The predicted molar refractivity (Wildman–Crippen MR) is 46.7 cm³/mol. The van der Waals surface area contributed by atoms with Crippen LogP contribution in [-0.4, -0.2) is 17.2 Å². The van der Waals surface area contributed by atoms with Gasteiger partial charge in [0.25, 0.3) is 0 Å². The highest BCUT2D eigenvalue weighted by Crippen LogP contribution is 2.13. The van der Waals surface area contributed by atoms with E-state index >= 15 is 0 Å². The zero-order valence-corrected chi connectivity index (χ0v) is 7.63. The molecule has 0 radical (unpaired) electrons. The lowest BCUT2D eigenvalue weighted by Crippen LogP contribution is -2.06. The summed E-state index contributed by atoms with van der Waals surface area (Å²) in [6, 6.07) is 0. The van der Waals surface area contributed by atoms with Crippen molar-refractivity contribution >= 4 is 23.0 Å². The van der Waals surface area contributed by atoms with Gasteiger partial charge in [-0.05, 0) is 23.3 Å². The molecule has 0 rings (SSSR count). The van der Waals surface area contributed by atoms with E-state index in [0.717, 1.165) is 23.7 Å². The molecule has 0 aromatic carbocycles. The summed E-state index contributed by atoms with van der Waals surface area (Å²) in [5.41, 5.74) is 0. The Balaban J connectivity index is 3.49. The summed E-state index contributed by atoms with van der Waals surface area (Å²) < 4.78 is 0.865. The molecule has 0 aromatic heterocycles. The van der Waals surface area contributed by atoms with Crippen LogP contribution < -0.4 is 0 Å². The average molecular weight is 207 g/mol. The van der Waals surface area contributed by atoms with Crippen LogP contribution in [-0.2, 0) is 0 Å². The molecule has 0 atom stereocenters. The van der Waals surface area contributed by atoms with Gasteiger partial charge in [0, 0.05) is 0 Å². The zero-order valence-electron chi connectivity index (χ0n) is 6.05. The minimum Gasteiger partial charge on any atom is -0.424 e. The SMILES string of the molecule is CCCC/C(Br)=C/B(O)O. The Morgan fingerprint density at radius 2 is 2.20 bits per heavy atom. The smallest absolute Gasteiger partial charge is 0.424 e. The van der Waals surface area contributed by atoms with Gasteiger partial charge in [0.15, 0.2) is 0 Å². The number of unbranched alkanes of at least 4 members (excludes halogenated alkanes) is 1. The molecule has 0 bridgehead atoms. The van der Waals surface area contributed by atoms with Crippen molar-refractivity contribution in [2.75, 3.05) is 0 Å². The highest BCUT2D eigenvalue weighted by Gasteiger charge is 2.01. The van der Waals surface area contributed by atoms with Crippen LogP contribution in [0.5, 0.6) is 0 Å². The van der Waals surface area contributed by atoms with Crippen LogP contribution in [0.25, 0.3) is 0 Å². The third kappa shape index (κ3) is 6.33. The molecule has 2 nitrogen and oxygen atoms in total. The first-order valence-corrected chi connectivity index (χ1v) is 4.18. The van der Waals surface area contributed by atoms with E-state index in [1.807, 2.05) is 0 Å². The Morgan fingerprint density at radius 3 is 2.60 bits per heavy atom. The van der Waals surface area contributed by atoms with E-state index in [0.29, 0.717) is 0 Å². The molecule has 0 fully saturated rings. The first-order valence-electron chi connectivity index (χ1n) is 3.39. The maximum atomic E-state index is 8.47. The van der Waals surface area contributed by atoms with Gasteiger partial charge in [0.1, 0.15) is 0 Å². The number of hydrogen-bond donors (Lipinski definition) is 2. The maximum Gasteiger partial charge on any atom is 0.481 e. The van der Waals surface area contributed by atoms with Gasteiger partial charge in [-0.2, -0.15) is 0 Å². The van der Waals surface area contributed by atoms with Crippen molar-refractivity contribution in [2.45, 2.75) is 26.2 Å². The molecule has 0 aliphatic heterocycles. The normalized spacial score (nSPS) is 11.8. The molecule has 0 unspecified atom stereocenters. The van der Waals surface area contributed by atoms with E-state index < -0.39 is 7.12 Å². The van der Waals surface area contributed by atoms with Crippen LogP contribution in [0.4, 0.5) is 0 Å². The molecule has 0 saturated heterocycles. The second-order valence-electron chi connectivity index (χ2n) is 2.13. The van der Waals surface area contributed by atoms with Gasteiger partial charge >= 0.3 is 7.12 Å². The molecule has 0 spiro atoms. The van der Waals surface area contributed by atoms with Crippen LogP contribution in [0.2, 0.25) is 0 Å². The fourth-order valence-corrected chi connectivity index (χ4v) is 1.11. The molecule has 0 aliphatic carbocycles. The second kappa shape index (κ2) is 5.95. The third-order valence-corrected chi connectivity index (χ3v) is 1.76. The highest BCUT2D eigenvalue weighted by molar-refractivity contribution is 9.11. The predicted octanol–water partition coefficient (Wildman–Crippen LogP) is 1.47. The molecule has 2 N–H and O–H groups in total. The first kappa shape index (κ1) is 10.2. The Labute approximate surface area is 70.2 Å². The summed E-state index contributed by atoms with van der Waals surface area (Å²) in [5, 5.41) is 16.9. The molecule has 4 heteroatoms. The minimum atomic E-state index is -1.33. The summed E-state index contributed by atoms with van der Waals surface area (Å²) in [7, 11) is -1.33. The Kier molecular flexibility index (Phi) is 6.07. The Hall–Kier alpha value is 0.205. The summed E-state index contributed by atoms with van der Waals surface area (Å²) in [5.74, 6) is 1.38. The van der Waals surface area contributed by atoms with E-state index in [2.05, 4.69) is 22.9 Å². The van der Waals surface area contributed by atoms with E-state index in [9.17, 15) is 0 Å². The molecule has 0 saturated carbocycles. The standard InChI is InChI=1S/C6H12BBrO2/c1-2-3-4-6(8)5-7(9)10/h5,9-10H,2-4H2,1H3/b6-5-. The fraction of sp³-hybridized carbons (Fsp3) is 0.667. The largest absolute Gasteiger partial charge is 0.481 e. The van der Waals surface area contributed by atoms with Crippen molar-refractivity contribution in [1.29, 1.82) is 0 Å². The van der Waals surface area contributed by atoms with Crippen molar-refractivity contribution in [3.05, 3.63) is 10.5 Å². The summed E-state index contributed by atoms with van der Waals surface area (Å²) in [4.78, 5) is 0. The van der Waals surface area contributed by atoms with Gasteiger partial charge in [0.2, 0.25) is 0 Å². The lowest BCUT2D eigenvalue weighted by Gasteiger charge is -1.95. The van der Waals surface area contributed by atoms with Crippen molar-refractivity contribution in [3.63, 3.8) is 0 Å². The molecule has 0 aliphatic rings. The van der Waals surface area contributed by atoms with Gasteiger partial charge in [-0.3, -0.25) is 0 Å². The van der Waals surface area contributed by atoms with Crippen LogP contribution in [0.1, 0.15) is 26.2 Å². The fourth-order valence-electron chi connectivity index (χ4n) is 0.591. The zero-order chi connectivity index (χ0) is 7.98. The van der Waals surface area contributed by atoms with Crippen LogP contribution in [0.15, 0.2) is 10.5 Å². The number of rotatable bonds is 4. The van der Waals surface area contributed by atoms with Crippen molar-refractivity contribution in [2.24, 2.45) is 0 Å².